The van der Waals surface area contributed by atoms with Gasteiger partial charge in [0.25, 0.3) is 11.8 Å². The van der Waals surface area contributed by atoms with Crippen LogP contribution in [0.2, 0.25) is 0 Å². The van der Waals surface area contributed by atoms with Crippen LogP contribution in [0.3, 0.4) is 0 Å². The Morgan fingerprint density at radius 3 is 2.07 bits per heavy atom. The minimum Gasteiger partial charge on any atom is -0.267 e. The highest BCUT2D eigenvalue weighted by Gasteiger charge is 2.35. The van der Waals surface area contributed by atoms with Crippen LogP contribution in [-0.4, -0.2) is 16.8 Å². The van der Waals surface area contributed by atoms with Gasteiger partial charge in [-0.3, -0.25) is 9.59 Å². The number of amides is 2. The standard InChI is InChI=1S/C9H5N3O2/c10-5-11-12-8(13)6-3-1-2-4-7(6)9(12)14/h1-4,11H. The second-order valence-electron chi connectivity index (χ2n) is 2.71. The van der Waals surface area contributed by atoms with Crippen LogP contribution in [0.4, 0.5) is 0 Å². The molecule has 2 amide bonds. The van der Waals surface area contributed by atoms with E-state index >= 15 is 0 Å². The third-order valence-corrected chi connectivity index (χ3v) is 1.96. The maximum atomic E-state index is 11.5. The summed E-state index contributed by atoms with van der Waals surface area (Å²) in [5.41, 5.74) is 2.67. The van der Waals surface area contributed by atoms with Gasteiger partial charge in [-0.2, -0.15) is 10.3 Å². The fourth-order valence-corrected chi connectivity index (χ4v) is 1.34. The van der Waals surface area contributed by atoms with Gasteiger partial charge in [-0.15, -0.1) is 0 Å². The molecule has 14 heavy (non-hydrogen) atoms. The van der Waals surface area contributed by atoms with Crippen LogP contribution >= 0.6 is 0 Å². The molecule has 68 valence electrons. The van der Waals surface area contributed by atoms with Crippen molar-refractivity contribution in [2.45, 2.75) is 0 Å². The lowest BCUT2D eigenvalue weighted by Gasteiger charge is -2.08. The summed E-state index contributed by atoms with van der Waals surface area (Å²) >= 11 is 0. The molecule has 0 bridgehead atoms. The van der Waals surface area contributed by atoms with E-state index in [9.17, 15) is 9.59 Å². The van der Waals surface area contributed by atoms with Gasteiger partial charge in [0.1, 0.15) is 0 Å². The molecule has 0 unspecified atom stereocenters. The zero-order chi connectivity index (χ0) is 10.1. The number of hydrogen-bond acceptors (Lipinski definition) is 4. The minimum absolute atomic E-state index is 0.320. The SMILES string of the molecule is N#CNN1C(=O)c2ccccc2C1=O. The molecule has 1 aromatic rings. The predicted molar refractivity (Wildman–Crippen MR) is 45.7 cm³/mol. The lowest BCUT2D eigenvalue weighted by atomic mass is 10.1. The van der Waals surface area contributed by atoms with Gasteiger partial charge in [0.2, 0.25) is 0 Å². The van der Waals surface area contributed by atoms with Crippen molar-refractivity contribution in [2.75, 3.05) is 0 Å². The fraction of sp³-hybridized carbons (Fsp3) is 0. The maximum Gasteiger partial charge on any atom is 0.281 e. The summed E-state index contributed by atoms with van der Waals surface area (Å²) in [5, 5.41) is 9.03. The average Bonchev–Trinajstić information content (AvgIpc) is 2.45. The highest BCUT2D eigenvalue weighted by Crippen LogP contribution is 2.20. The number of carbonyl (C=O) groups is 2. The Kier molecular flexibility index (Phi) is 1.68. The van der Waals surface area contributed by atoms with Crippen LogP contribution < -0.4 is 5.43 Å². The summed E-state index contributed by atoms with van der Waals surface area (Å²) in [4.78, 5) is 23.0. The van der Waals surface area contributed by atoms with Crippen LogP contribution in [0.15, 0.2) is 24.3 Å². The largest absolute Gasteiger partial charge is 0.281 e. The number of nitrogens with zero attached hydrogens (tertiary/aromatic N) is 2. The van der Waals surface area contributed by atoms with Gasteiger partial charge in [-0.05, 0) is 12.1 Å². The van der Waals surface area contributed by atoms with Gasteiger partial charge >= 0.3 is 0 Å². The second kappa shape index (κ2) is 2.85. The van der Waals surface area contributed by atoms with E-state index in [0.717, 1.165) is 0 Å². The van der Waals surface area contributed by atoms with Crippen LogP contribution in [0, 0.1) is 11.5 Å². The van der Waals surface area contributed by atoms with E-state index < -0.39 is 11.8 Å². The van der Waals surface area contributed by atoms with E-state index in [1.165, 1.54) is 6.19 Å². The molecule has 1 aliphatic rings. The number of fused-ring (bicyclic) bond motifs is 1. The Morgan fingerprint density at radius 2 is 1.64 bits per heavy atom. The first-order valence-electron chi connectivity index (χ1n) is 3.88. The summed E-state index contributed by atoms with van der Waals surface area (Å²) in [7, 11) is 0. The molecule has 1 aliphatic heterocycles. The van der Waals surface area contributed by atoms with E-state index in [0.29, 0.717) is 16.1 Å². The Morgan fingerprint density at radius 1 is 1.14 bits per heavy atom. The van der Waals surface area contributed by atoms with Crippen molar-refractivity contribution in [3.63, 3.8) is 0 Å². The number of nitrogens with one attached hydrogen (secondary N) is 1. The van der Waals surface area contributed by atoms with Crippen LogP contribution in [0.5, 0.6) is 0 Å². The molecular weight excluding hydrogens is 182 g/mol. The van der Waals surface area contributed by atoms with Crippen molar-refractivity contribution in [3.8, 4) is 6.19 Å². The monoisotopic (exact) mass is 187 g/mol. The topological polar surface area (TPSA) is 73.2 Å². The van der Waals surface area contributed by atoms with E-state index in [1.807, 2.05) is 5.43 Å². The van der Waals surface area contributed by atoms with Crippen LogP contribution in [0.1, 0.15) is 20.7 Å². The zero-order valence-corrected chi connectivity index (χ0v) is 7.02. The van der Waals surface area contributed by atoms with E-state index in [1.54, 1.807) is 24.3 Å². The molecule has 5 nitrogen and oxygen atoms in total. The second-order valence-corrected chi connectivity index (χ2v) is 2.71. The van der Waals surface area contributed by atoms with E-state index in [2.05, 4.69) is 0 Å². The number of hydrazine groups is 1. The minimum atomic E-state index is -0.493. The molecule has 1 aromatic carbocycles. The predicted octanol–water partition coefficient (Wildman–Crippen LogP) is 0.268. The van der Waals surface area contributed by atoms with Crippen LogP contribution in [-0.2, 0) is 0 Å². The third-order valence-electron chi connectivity index (χ3n) is 1.96. The number of carbonyl (C=O) groups excluding carboxylic acids is 2. The first-order chi connectivity index (χ1) is 6.75. The van der Waals surface area contributed by atoms with E-state index in [4.69, 9.17) is 5.26 Å². The molecule has 0 aromatic heterocycles. The summed E-state index contributed by atoms with van der Waals surface area (Å²) < 4.78 is 0. The van der Waals surface area contributed by atoms with Crippen molar-refractivity contribution >= 4 is 11.8 Å². The Labute approximate surface area is 79.5 Å². The summed E-state index contributed by atoms with van der Waals surface area (Å²) in [6, 6.07) is 6.43. The van der Waals surface area contributed by atoms with Gasteiger partial charge in [-0.25, -0.2) is 5.43 Å². The molecule has 1 heterocycles. The number of imide groups is 1. The molecule has 0 radical (unpaired) electrons. The van der Waals surface area contributed by atoms with Crippen molar-refractivity contribution in [1.82, 2.24) is 10.4 Å². The quantitative estimate of drug-likeness (QED) is 0.389. The fourth-order valence-electron chi connectivity index (χ4n) is 1.34. The molecule has 2 rings (SSSR count). The normalized spacial score (nSPS) is 13.8. The molecule has 0 fully saturated rings. The van der Waals surface area contributed by atoms with Crippen LogP contribution in [0.25, 0.3) is 0 Å². The molecule has 0 atom stereocenters. The van der Waals surface area contributed by atoms with Gasteiger partial charge < -0.3 is 0 Å². The lowest BCUT2D eigenvalue weighted by molar-refractivity contribution is 0.0604. The molecular formula is C9H5N3O2. The Hall–Kier alpha value is -2.35. The first kappa shape index (κ1) is 8.26. The van der Waals surface area contributed by atoms with Crippen molar-refractivity contribution in [3.05, 3.63) is 35.4 Å². The molecule has 1 N–H and O–H groups in total. The third kappa shape index (κ3) is 0.944. The highest BCUT2D eigenvalue weighted by atomic mass is 16.2. The summed E-state index contributed by atoms with van der Waals surface area (Å²) in [6.07, 6.45) is 1.54. The van der Waals surface area contributed by atoms with Gasteiger partial charge in [0.15, 0.2) is 6.19 Å². The highest BCUT2D eigenvalue weighted by molar-refractivity contribution is 6.21. The van der Waals surface area contributed by atoms with Crippen molar-refractivity contribution in [2.24, 2.45) is 0 Å². The number of rotatable bonds is 1. The number of hydrogen-bond donors (Lipinski definition) is 1. The Balaban J connectivity index is 2.49. The molecule has 0 spiro atoms. The van der Waals surface area contributed by atoms with Gasteiger partial charge in [0.05, 0.1) is 11.1 Å². The lowest BCUT2D eigenvalue weighted by Crippen LogP contribution is -2.39. The molecule has 0 saturated heterocycles. The van der Waals surface area contributed by atoms with Gasteiger partial charge in [0, 0.05) is 0 Å². The first-order valence-corrected chi connectivity index (χ1v) is 3.88. The summed E-state index contributed by atoms with van der Waals surface area (Å²) in [6.45, 7) is 0. The molecule has 5 heteroatoms. The Bertz CT molecular complexity index is 426. The molecule has 0 saturated carbocycles. The zero-order valence-electron chi connectivity index (χ0n) is 7.02. The maximum absolute atomic E-state index is 11.5. The number of benzene rings is 1. The van der Waals surface area contributed by atoms with Gasteiger partial charge in [-0.1, -0.05) is 12.1 Å². The smallest absolute Gasteiger partial charge is 0.267 e. The van der Waals surface area contributed by atoms with Crippen molar-refractivity contribution < 1.29 is 9.59 Å². The van der Waals surface area contributed by atoms with E-state index in [-0.39, 0.29) is 0 Å². The number of nitriles is 1. The molecule has 0 aliphatic carbocycles. The average molecular weight is 187 g/mol. The van der Waals surface area contributed by atoms with Crippen molar-refractivity contribution in [1.29, 1.82) is 5.26 Å². The summed E-state index contributed by atoms with van der Waals surface area (Å²) in [5.74, 6) is -0.987.